The van der Waals surface area contributed by atoms with Crippen molar-refractivity contribution in [3.05, 3.63) is 60.2 Å². The van der Waals surface area contributed by atoms with Gasteiger partial charge in [0.05, 0.1) is 0 Å². The van der Waals surface area contributed by atoms with Crippen LogP contribution in [0.2, 0.25) is 0 Å². The fourth-order valence-electron chi connectivity index (χ4n) is 2.22. The summed E-state index contributed by atoms with van der Waals surface area (Å²) < 4.78 is 0. The molecule has 3 nitrogen and oxygen atoms in total. The molecule has 1 aliphatic rings. The van der Waals surface area contributed by atoms with E-state index in [0.29, 0.717) is 5.92 Å². The van der Waals surface area contributed by atoms with Crippen molar-refractivity contribution in [1.82, 2.24) is 15.0 Å². The maximum Gasteiger partial charge on any atom is 0.163 e. The van der Waals surface area contributed by atoms with Gasteiger partial charge in [0.1, 0.15) is 5.82 Å². The molecule has 3 heteroatoms. The number of aryl methyl sites for hydroxylation is 1. The molecule has 1 aliphatic carbocycles. The van der Waals surface area contributed by atoms with Crippen LogP contribution in [0, 0.1) is 12.8 Å². The van der Waals surface area contributed by atoms with Crippen LogP contribution in [-0.2, 0) is 0 Å². The smallest absolute Gasteiger partial charge is 0.163 e. The fourth-order valence-corrected chi connectivity index (χ4v) is 2.22. The summed E-state index contributed by atoms with van der Waals surface area (Å²) in [6, 6.07) is 10.0. The summed E-state index contributed by atoms with van der Waals surface area (Å²) >= 11 is 0. The molecule has 100 valence electrons. The molecule has 1 unspecified atom stereocenters. The van der Waals surface area contributed by atoms with Gasteiger partial charge in [0.15, 0.2) is 11.6 Å². The Balaban J connectivity index is 2.02. The van der Waals surface area contributed by atoms with Crippen LogP contribution in [0.15, 0.2) is 48.6 Å². The lowest BCUT2D eigenvalue weighted by Crippen LogP contribution is -2.03. The summed E-state index contributed by atoms with van der Waals surface area (Å²) in [4.78, 5) is 13.5. The van der Waals surface area contributed by atoms with Gasteiger partial charge in [0.2, 0.25) is 0 Å². The van der Waals surface area contributed by atoms with Crippen LogP contribution in [0.1, 0.15) is 25.0 Å². The van der Waals surface area contributed by atoms with Gasteiger partial charge in [-0.2, -0.15) is 0 Å². The molecule has 3 rings (SSSR count). The molecule has 20 heavy (non-hydrogen) atoms. The van der Waals surface area contributed by atoms with Crippen LogP contribution in [-0.4, -0.2) is 15.0 Å². The Kier molecular flexibility index (Phi) is 3.42. The zero-order valence-corrected chi connectivity index (χ0v) is 11.7. The molecule has 0 fully saturated rings. The van der Waals surface area contributed by atoms with Crippen molar-refractivity contribution in [3.8, 4) is 11.4 Å². The lowest BCUT2D eigenvalue weighted by Gasteiger charge is -2.11. The van der Waals surface area contributed by atoms with E-state index in [9.17, 15) is 0 Å². The molecule has 1 aromatic carbocycles. The number of benzene rings is 1. The molecular formula is C17H17N3. The van der Waals surface area contributed by atoms with E-state index < -0.39 is 0 Å². The number of rotatable bonds is 2. The molecule has 0 saturated heterocycles. The predicted octanol–water partition coefficient (Wildman–Crippen LogP) is 3.83. The molecule has 0 amide bonds. The van der Waals surface area contributed by atoms with Crippen molar-refractivity contribution in [1.29, 1.82) is 0 Å². The Morgan fingerprint density at radius 1 is 1.00 bits per heavy atom. The minimum Gasteiger partial charge on any atom is -0.213 e. The van der Waals surface area contributed by atoms with E-state index in [2.05, 4.69) is 40.1 Å². The van der Waals surface area contributed by atoms with E-state index in [1.165, 1.54) is 0 Å². The zero-order chi connectivity index (χ0) is 13.9. The SMILES string of the molecule is Cc1nc(C2=CCC(C)C=C2)nc(-c2ccccc2)n1. The standard InChI is InChI=1S/C17H17N3/c1-12-8-10-15(11-9-12)17-19-13(2)18-16(20-17)14-6-4-3-5-7-14/h3-8,10-12H,9H2,1-2H3. The molecule has 1 heterocycles. The first kappa shape index (κ1) is 12.7. The highest BCUT2D eigenvalue weighted by atomic mass is 15.0. The van der Waals surface area contributed by atoms with E-state index in [0.717, 1.165) is 35.0 Å². The number of nitrogens with zero attached hydrogens (tertiary/aromatic N) is 3. The van der Waals surface area contributed by atoms with E-state index in [4.69, 9.17) is 0 Å². The highest BCUT2D eigenvalue weighted by molar-refractivity contribution is 5.71. The normalized spacial score (nSPS) is 17.9. The van der Waals surface area contributed by atoms with Crippen LogP contribution < -0.4 is 0 Å². The first-order chi connectivity index (χ1) is 9.72. The summed E-state index contributed by atoms with van der Waals surface area (Å²) in [7, 11) is 0. The molecule has 1 atom stereocenters. The average Bonchev–Trinajstić information content (AvgIpc) is 2.48. The Bertz CT molecular complexity index is 672. The minimum absolute atomic E-state index is 0.593. The van der Waals surface area contributed by atoms with Gasteiger partial charge in [-0.15, -0.1) is 0 Å². The number of allylic oxidation sites excluding steroid dienone is 4. The number of hydrogen-bond acceptors (Lipinski definition) is 3. The largest absolute Gasteiger partial charge is 0.213 e. The quantitative estimate of drug-likeness (QED) is 0.826. The Morgan fingerprint density at radius 3 is 2.45 bits per heavy atom. The van der Waals surface area contributed by atoms with Gasteiger partial charge in [-0.05, 0) is 19.3 Å². The maximum atomic E-state index is 4.61. The molecule has 0 saturated carbocycles. The second-order valence-corrected chi connectivity index (χ2v) is 5.13. The maximum absolute atomic E-state index is 4.61. The van der Waals surface area contributed by atoms with E-state index >= 15 is 0 Å². The van der Waals surface area contributed by atoms with E-state index in [-0.39, 0.29) is 0 Å². The first-order valence-corrected chi connectivity index (χ1v) is 6.89. The summed E-state index contributed by atoms with van der Waals surface area (Å²) in [6.07, 6.45) is 7.56. The van der Waals surface area contributed by atoms with Gasteiger partial charge < -0.3 is 0 Å². The molecule has 2 aromatic rings. The third-order valence-electron chi connectivity index (χ3n) is 3.35. The summed E-state index contributed by atoms with van der Waals surface area (Å²) in [5.41, 5.74) is 2.11. The van der Waals surface area contributed by atoms with Crippen molar-refractivity contribution < 1.29 is 0 Å². The van der Waals surface area contributed by atoms with E-state index in [1.54, 1.807) is 0 Å². The van der Waals surface area contributed by atoms with Crippen LogP contribution in [0.25, 0.3) is 17.0 Å². The fraction of sp³-hybridized carbons (Fsp3) is 0.235. The molecule has 0 bridgehead atoms. The minimum atomic E-state index is 0.593. The van der Waals surface area contributed by atoms with Gasteiger partial charge >= 0.3 is 0 Å². The van der Waals surface area contributed by atoms with Crippen LogP contribution in [0.5, 0.6) is 0 Å². The Morgan fingerprint density at radius 2 is 1.75 bits per heavy atom. The van der Waals surface area contributed by atoms with Crippen molar-refractivity contribution >= 4 is 5.57 Å². The molecule has 1 aromatic heterocycles. The molecule has 0 N–H and O–H groups in total. The third kappa shape index (κ3) is 2.67. The summed E-state index contributed by atoms with van der Waals surface area (Å²) in [5, 5.41) is 0. The van der Waals surface area contributed by atoms with Crippen LogP contribution in [0.4, 0.5) is 0 Å². The van der Waals surface area contributed by atoms with Crippen molar-refractivity contribution in [3.63, 3.8) is 0 Å². The van der Waals surface area contributed by atoms with E-state index in [1.807, 2.05) is 37.3 Å². The average molecular weight is 263 g/mol. The topological polar surface area (TPSA) is 38.7 Å². The highest BCUT2D eigenvalue weighted by Crippen LogP contribution is 2.23. The zero-order valence-electron chi connectivity index (χ0n) is 11.7. The molecule has 0 radical (unpaired) electrons. The van der Waals surface area contributed by atoms with Gasteiger partial charge in [-0.1, -0.05) is 55.5 Å². The summed E-state index contributed by atoms with van der Waals surface area (Å²) in [6.45, 7) is 4.12. The first-order valence-electron chi connectivity index (χ1n) is 6.89. The lowest BCUT2D eigenvalue weighted by atomic mass is 9.98. The third-order valence-corrected chi connectivity index (χ3v) is 3.35. The Labute approximate surface area is 119 Å². The lowest BCUT2D eigenvalue weighted by molar-refractivity contribution is 0.737. The van der Waals surface area contributed by atoms with Gasteiger partial charge in [0.25, 0.3) is 0 Å². The van der Waals surface area contributed by atoms with Crippen LogP contribution >= 0.6 is 0 Å². The van der Waals surface area contributed by atoms with Gasteiger partial charge in [-0.3, -0.25) is 0 Å². The molecule has 0 aliphatic heterocycles. The van der Waals surface area contributed by atoms with Crippen LogP contribution in [0.3, 0.4) is 0 Å². The highest BCUT2D eigenvalue weighted by Gasteiger charge is 2.11. The Hall–Kier alpha value is -2.29. The number of hydrogen-bond donors (Lipinski definition) is 0. The number of aromatic nitrogens is 3. The molecular weight excluding hydrogens is 246 g/mol. The predicted molar refractivity (Wildman–Crippen MR) is 80.9 cm³/mol. The van der Waals surface area contributed by atoms with Crippen molar-refractivity contribution in [2.45, 2.75) is 20.3 Å². The van der Waals surface area contributed by atoms with Crippen molar-refractivity contribution in [2.75, 3.05) is 0 Å². The monoisotopic (exact) mass is 263 g/mol. The van der Waals surface area contributed by atoms with Gasteiger partial charge in [0, 0.05) is 11.1 Å². The van der Waals surface area contributed by atoms with Crippen molar-refractivity contribution in [2.24, 2.45) is 5.92 Å². The van der Waals surface area contributed by atoms with Gasteiger partial charge in [-0.25, -0.2) is 15.0 Å². The summed E-state index contributed by atoms with van der Waals surface area (Å²) in [5.74, 6) is 2.84. The second kappa shape index (κ2) is 5.37. The molecule has 0 spiro atoms. The second-order valence-electron chi connectivity index (χ2n) is 5.13.